The lowest BCUT2D eigenvalue weighted by molar-refractivity contribution is 0.0699. The van der Waals surface area contributed by atoms with Crippen LogP contribution in [0.25, 0.3) is 10.9 Å². The first-order valence-corrected chi connectivity index (χ1v) is 6.50. The summed E-state index contributed by atoms with van der Waals surface area (Å²) in [4.78, 5) is 19.8. The van der Waals surface area contributed by atoms with Crippen molar-refractivity contribution in [2.45, 2.75) is 6.54 Å². The third-order valence-electron chi connectivity index (χ3n) is 3.17. The minimum absolute atomic E-state index is 0.248. The third-order valence-corrected chi connectivity index (χ3v) is 3.17. The second kappa shape index (κ2) is 5.58. The molecule has 3 aromatic rings. The lowest BCUT2D eigenvalue weighted by Gasteiger charge is -2.09. The molecular weight excluding hydrogens is 266 g/mol. The summed E-state index contributed by atoms with van der Waals surface area (Å²) in [5, 5.41) is 13.1. The molecule has 2 N–H and O–H groups in total. The highest BCUT2D eigenvalue weighted by Gasteiger charge is 2.11. The van der Waals surface area contributed by atoms with Crippen molar-refractivity contribution in [2.75, 3.05) is 5.32 Å². The molecule has 0 radical (unpaired) electrons. The number of rotatable bonds is 4. The number of nitrogens with zero attached hydrogens (tertiary/aromatic N) is 2. The van der Waals surface area contributed by atoms with Crippen LogP contribution in [-0.4, -0.2) is 21.0 Å². The topological polar surface area (TPSA) is 75.1 Å². The number of hydrogen-bond acceptors (Lipinski definition) is 4. The number of aromatic carboxylic acids is 1. The van der Waals surface area contributed by atoms with E-state index in [1.54, 1.807) is 36.7 Å². The molecule has 0 spiro atoms. The van der Waals surface area contributed by atoms with E-state index in [1.165, 1.54) is 0 Å². The smallest absolute Gasteiger partial charge is 0.336 e. The number of nitrogens with one attached hydrogen (secondary N) is 1. The second-order valence-electron chi connectivity index (χ2n) is 4.59. The van der Waals surface area contributed by atoms with E-state index in [2.05, 4.69) is 15.3 Å². The van der Waals surface area contributed by atoms with E-state index >= 15 is 0 Å². The summed E-state index contributed by atoms with van der Waals surface area (Å²) in [6.45, 7) is 0.562. The molecule has 2 aromatic heterocycles. The summed E-state index contributed by atoms with van der Waals surface area (Å²) in [7, 11) is 0. The lowest BCUT2D eigenvalue weighted by Crippen LogP contribution is -2.05. The quantitative estimate of drug-likeness (QED) is 0.768. The molecule has 0 aliphatic rings. The van der Waals surface area contributed by atoms with Crippen LogP contribution < -0.4 is 5.32 Å². The highest BCUT2D eigenvalue weighted by atomic mass is 16.4. The molecule has 0 fully saturated rings. The zero-order valence-electron chi connectivity index (χ0n) is 11.2. The number of para-hydroxylation sites is 1. The van der Waals surface area contributed by atoms with Gasteiger partial charge in [0.25, 0.3) is 0 Å². The number of fused-ring (bicyclic) bond motifs is 1. The Labute approximate surface area is 121 Å². The highest BCUT2D eigenvalue weighted by molar-refractivity contribution is 6.03. The average molecular weight is 279 g/mol. The monoisotopic (exact) mass is 279 g/mol. The number of carboxylic acids is 1. The van der Waals surface area contributed by atoms with Gasteiger partial charge in [0.2, 0.25) is 0 Å². The Kier molecular flexibility index (Phi) is 3.47. The van der Waals surface area contributed by atoms with E-state index in [1.807, 2.05) is 18.2 Å². The van der Waals surface area contributed by atoms with Crippen molar-refractivity contribution in [3.63, 3.8) is 0 Å². The van der Waals surface area contributed by atoms with Crippen molar-refractivity contribution in [3.05, 3.63) is 66.0 Å². The summed E-state index contributed by atoms with van der Waals surface area (Å²) < 4.78 is 0. The van der Waals surface area contributed by atoms with Crippen LogP contribution in [0.1, 0.15) is 15.9 Å². The zero-order chi connectivity index (χ0) is 14.7. The number of pyridine rings is 2. The normalized spacial score (nSPS) is 10.5. The van der Waals surface area contributed by atoms with Crippen LogP contribution in [-0.2, 0) is 6.54 Å². The summed E-state index contributed by atoms with van der Waals surface area (Å²) in [6, 6.07) is 12.6. The summed E-state index contributed by atoms with van der Waals surface area (Å²) in [5.74, 6) is -0.413. The van der Waals surface area contributed by atoms with Crippen LogP contribution in [0, 0.1) is 0 Å². The number of anilines is 1. The minimum Gasteiger partial charge on any atom is -0.478 e. The standard InChI is InChI=1S/C16H13N3O2/c20-16(21)13-9-15(18-10-11-5-7-17-8-6-11)19-14-4-2-1-3-12(13)14/h1-9H,10H2,(H,18,19)(H,20,21). The van der Waals surface area contributed by atoms with E-state index < -0.39 is 5.97 Å². The maximum atomic E-state index is 11.4. The Hall–Kier alpha value is -2.95. The maximum Gasteiger partial charge on any atom is 0.336 e. The van der Waals surface area contributed by atoms with Crippen LogP contribution in [0.5, 0.6) is 0 Å². The van der Waals surface area contributed by atoms with Gasteiger partial charge >= 0.3 is 5.97 Å². The lowest BCUT2D eigenvalue weighted by atomic mass is 10.1. The van der Waals surface area contributed by atoms with E-state index in [0.29, 0.717) is 23.3 Å². The highest BCUT2D eigenvalue weighted by Crippen LogP contribution is 2.21. The molecule has 21 heavy (non-hydrogen) atoms. The van der Waals surface area contributed by atoms with Crippen molar-refractivity contribution >= 4 is 22.7 Å². The number of hydrogen-bond donors (Lipinski definition) is 2. The van der Waals surface area contributed by atoms with Gasteiger partial charge in [0, 0.05) is 24.3 Å². The van der Waals surface area contributed by atoms with Crippen LogP contribution in [0.15, 0.2) is 54.9 Å². The summed E-state index contributed by atoms with van der Waals surface area (Å²) in [5.41, 5.74) is 1.96. The molecule has 0 saturated heterocycles. The summed E-state index contributed by atoms with van der Waals surface area (Å²) in [6.07, 6.45) is 3.43. The average Bonchev–Trinajstić information content (AvgIpc) is 2.53. The van der Waals surface area contributed by atoms with Crippen LogP contribution in [0.3, 0.4) is 0 Å². The molecule has 1 aromatic carbocycles. The van der Waals surface area contributed by atoms with Gasteiger partial charge in [-0.3, -0.25) is 4.98 Å². The molecule has 5 nitrogen and oxygen atoms in total. The Bertz CT molecular complexity index is 788. The van der Waals surface area contributed by atoms with Gasteiger partial charge in [-0.25, -0.2) is 9.78 Å². The third kappa shape index (κ3) is 2.81. The van der Waals surface area contributed by atoms with Gasteiger partial charge in [0.1, 0.15) is 5.82 Å². The van der Waals surface area contributed by atoms with Gasteiger partial charge in [0.15, 0.2) is 0 Å². The van der Waals surface area contributed by atoms with Crippen LogP contribution >= 0.6 is 0 Å². The second-order valence-corrected chi connectivity index (χ2v) is 4.59. The van der Waals surface area contributed by atoms with Crippen molar-refractivity contribution in [3.8, 4) is 0 Å². The Morgan fingerprint density at radius 3 is 2.67 bits per heavy atom. The molecule has 0 saturated carbocycles. The predicted molar refractivity (Wildman–Crippen MR) is 80.3 cm³/mol. The van der Waals surface area contributed by atoms with Gasteiger partial charge in [-0.05, 0) is 29.8 Å². The molecule has 5 heteroatoms. The van der Waals surface area contributed by atoms with E-state index in [4.69, 9.17) is 0 Å². The Balaban J connectivity index is 1.94. The molecule has 0 atom stereocenters. The SMILES string of the molecule is O=C(O)c1cc(NCc2ccncc2)nc2ccccc12. The molecule has 0 bridgehead atoms. The largest absolute Gasteiger partial charge is 0.478 e. The molecule has 2 heterocycles. The first-order chi connectivity index (χ1) is 10.2. The molecule has 0 aliphatic carbocycles. The molecule has 3 rings (SSSR count). The van der Waals surface area contributed by atoms with Gasteiger partial charge in [-0.2, -0.15) is 0 Å². The van der Waals surface area contributed by atoms with E-state index in [-0.39, 0.29) is 5.56 Å². The zero-order valence-corrected chi connectivity index (χ0v) is 11.2. The van der Waals surface area contributed by atoms with Crippen molar-refractivity contribution in [1.82, 2.24) is 9.97 Å². The van der Waals surface area contributed by atoms with Gasteiger partial charge in [0.05, 0.1) is 11.1 Å². The number of aromatic nitrogens is 2. The fraction of sp³-hybridized carbons (Fsp3) is 0.0625. The predicted octanol–water partition coefficient (Wildman–Crippen LogP) is 2.94. The van der Waals surface area contributed by atoms with Gasteiger partial charge in [-0.15, -0.1) is 0 Å². The van der Waals surface area contributed by atoms with Crippen LogP contribution in [0.4, 0.5) is 5.82 Å². The number of carbonyl (C=O) groups is 1. The van der Waals surface area contributed by atoms with Crippen LogP contribution in [0.2, 0.25) is 0 Å². The molecule has 0 amide bonds. The van der Waals surface area contributed by atoms with Crippen molar-refractivity contribution < 1.29 is 9.90 Å². The van der Waals surface area contributed by atoms with E-state index in [0.717, 1.165) is 5.56 Å². The first kappa shape index (κ1) is 13.1. The number of carboxylic acid groups (broad SMARTS) is 1. The van der Waals surface area contributed by atoms with Gasteiger partial charge in [-0.1, -0.05) is 18.2 Å². The molecule has 0 unspecified atom stereocenters. The first-order valence-electron chi connectivity index (χ1n) is 6.50. The molecule has 104 valence electrons. The van der Waals surface area contributed by atoms with Crippen molar-refractivity contribution in [1.29, 1.82) is 0 Å². The fourth-order valence-electron chi connectivity index (χ4n) is 2.14. The number of benzene rings is 1. The van der Waals surface area contributed by atoms with E-state index in [9.17, 15) is 9.90 Å². The van der Waals surface area contributed by atoms with Crippen molar-refractivity contribution in [2.24, 2.45) is 0 Å². The Morgan fingerprint density at radius 1 is 1.14 bits per heavy atom. The summed E-state index contributed by atoms with van der Waals surface area (Å²) >= 11 is 0. The minimum atomic E-state index is -0.958. The fourth-order valence-corrected chi connectivity index (χ4v) is 2.14. The van der Waals surface area contributed by atoms with Gasteiger partial charge < -0.3 is 10.4 Å². The maximum absolute atomic E-state index is 11.4. The Morgan fingerprint density at radius 2 is 1.90 bits per heavy atom. The molecular formula is C16H13N3O2. The molecule has 0 aliphatic heterocycles.